The molecule has 0 aliphatic carbocycles. The van der Waals surface area contributed by atoms with Crippen LogP contribution in [0.25, 0.3) is 10.9 Å². The summed E-state index contributed by atoms with van der Waals surface area (Å²) in [4.78, 5) is 24.9. The first-order valence-corrected chi connectivity index (χ1v) is 4.44. The fraction of sp³-hybridized carbons (Fsp3) is 0.0909. The zero-order chi connectivity index (χ0) is 11.0. The van der Waals surface area contributed by atoms with E-state index in [-0.39, 0.29) is 11.1 Å². The van der Waals surface area contributed by atoms with Gasteiger partial charge in [0.2, 0.25) is 0 Å². The molecule has 0 saturated heterocycles. The highest BCUT2D eigenvalue weighted by Crippen LogP contribution is 2.16. The van der Waals surface area contributed by atoms with Gasteiger partial charge in [0.05, 0.1) is 5.97 Å². The number of hydrogen-bond donors (Lipinski definition) is 1. The number of carbonyl (C=O) groups is 1. The number of hydrogen-bond acceptors (Lipinski definition) is 3. The molecule has 2 rings (SSSR count). The lowest BCUT2D eigenvalue weighted by molar-refractivity contribution is -0.254. The van der Waals surface area contributed by atoms with Crippen LogP contribution in [0.4, 0.5) is 0 Å². The maximum absolute atomic E-state index is 11.4. The molecule has 1 aromatic heterocycles. The number of carbonyl (C=O) groups excluding carboxylic acids is 1. The number of benzene rings is 1. The Morgan fingerprint density at radius 3 is 2.67 bits per heavy atom. The molecule has 1 N–H and O–H groups in total. The highest BCUT2D eigenvalue weighted by molar-refractivity contribution is 6.02. The number of nitrogens with one attached hydrogen (secondary N) is 1. The van der Waals surface area contributed by atoms with Crippen molar-refractivity contribution in [1.82, 2.24) is 4.98 Å². The third-order valence-electron chi connectivity index (χ3n) is 2.36. The maximum atomic E-state index is 11.4. The van der Waals surface area contributed by atoms with Crippen molar-refractivity contribution in [2.24, 2.45) is 0 Å². The summed E-state index contributed by atoms with van der Waals surface area (Å²) >= 11 is 0. The Hall–Kier alpha value is -2.10. The second kappa shape index (κ2) is 3.24. The van der Waals surface area contributed by atoms with Gasteiger partial charge in [0.25, 0.3) is 5.56 Å². The molecule has 4 nitrogen and oxygen atoms in total. The minimum absolute atomic E-state index is 0.0330. The number of fused-ring (bicyclic) bond motifs is 1. The Labute approximate surface area is 85.2 Å². The number of H-pyrrole nitrogens is 1. The molecule has 0 unspecified atom stereocenters. The number of carboxylic acids is 1. The zero-order valence-corrected chi connectivity index (χ0v) is 8.03. The van der Waals surface area contributed by atoms with Gasteiger partial charge in [-0.05, 0) is 13.0 Å². The van der Waals surface area contributed by atoms with Crippen LogP contribution >= 0.6 is 0 Å². The number of aromatic amines is 1. The smallest absolute Gasteiger partial charge is 0.252 e. The monoisotopic (exact) mass is 202 g/mol. The van der Waals surface area contributed by atoms with Gasteiger partial charge >= 0.3 is 0 Å². The van der Waals surface area contributed by atoms with Crippen LogP contribution < -0.4 is 10.7 Å². The third-order valence-corrected chi connectivity index (χ3v) is 2.36. The average Bonchev–Trinajstić information content (AvgIpc) is 2.19. The minimum Gasteiger partial charge on any atom is -0.545 e. The summed E-state index contributed by atoms with van der Waals surface area (Å²) in [6.45, 7) is 1.47. The van der Waals surface area contributed by atoms with Crippen molar-refractivity contribution in [3.63, 3.8) is 0 Å². The molecule has 0 bridgehead atoms. The quantitative estimate of drug-likeness (QED) is 0.717. The molecule has 1 aromatic carbocycles. The Balaban J connectivity index is 3.02. The van der Waals surface area contributed by atoms with Crippen molar-refractivity contribution in [1.29, 1.82) is 0 Å². The first kappa shape index (κ1) is 9.45. The van der Waals surface area contributed by atoms with Gasteiger partial charge in [-0.3, -0.25) is 4.79 Å². The van der Waals surface area contributed by atoms with E-state index in [4.69, 9.17) is 0 Å². The lowest BCUT2D eigenvalue weighted by Crippen LogP contribution is -2.27. The molecule has 0 aliphatic rings. The lowest BCUT2D eigenvalue weighted by atomic mass is 10.0. The topological polar surface area (TPSA) is 73.0 Å². The van der Waals surface area contributed by atoms with Crippen LogP contribution in [0.15, 0.2) is 29.1 Å². The van der Waals surface area contributed by atoms with Crippen LogP contribution in [-0.4, -0.2) is 11.0 Å². The third kappa shape index (κ3) is 1.40. The molecule has 0 radical (unpaired) electrons. The summed E-state index contributed by atoms with van der Waals surface area (Å²) in [6.07, 6.45) is 0. The number of carboxylic acid groups (broad SMARTS) is 1. The van der Waals surface area contributed by atoms with E-state index in [1.54, 1.807) is 24.3 Å². The van der Waals surface area contributed by atoms with Crippen LogP contribution in [-0.2, 0) is 0 Å². The summed E-state index contributed by atoms with van der Waals surface area (Å²) < 4.78 is 0. The number of aromatic carboxylic acids is 1. The molecule has 0 atom stereocenters. The summed E-state index contributed by atoms with van der Waals surface area (Å²) in [6, 6.07) is 6.74. The SMILES string of the molecule is Cc1c(C(=O)[O-])c2ccccc2[nH]c1=O. The van der Waals surface area contributed by atoms with Crippen molar-refractivity contribution in [3.05, 3.63) is 45.7 Å². The first-order valence-electron chi connectivity index (χ1n) is 4.44. The van der Waals surface area contributed by atoms with Gasteiger partial charge in [-0.2, -0.15) is 0 Å². The van der Waals surface area contributed by atoms with Gasteiger partial charge in [-0.25, -0.2) is 0 Å². The van der Waals surface area contributed by atoms with E-state index in [2.05, 4.69) is 4.98 Å². The second-order valence-corrected chi connectivity index (χ2v) is 3.29. The predicted octanol–water partition coefficient (Wildman–Crippen LogP) is 0.200. The average molecular weight is 202 g/mol. The van der Waals surface area contributed by atoms with E-state index < -0.39 is 11.5 Å². The van der Waals surface area contributed by atoms with E-state index >= 15 is 0 Å². The van der Waals surface area contributed by atoms with Crippen LogP contribution in [0.5, 0.6) is 0 Å². The summed E-state index contributed by atoms with van der Waals surface area (Å²) in [7, 11) is 0. The minimum atomic E-state index is -1.32. The van der Waals surface area contributed by atoms with Crippen molar-refractivity contribution < 1.29 is 9.90 Å². The second-order valence-electron chi connectivity index (χ2n) is 3.29. The maximum Gasteiger partial charge on any atom is 0.252 e. The largest absolute Gasteiger partial charge is 0.545 e. The van der Waals surface area contributed by atoms with Crippen molar-refractivity contribution in [2.45, 2.75) is 6.92 Å². The van der Waals surface area contributed by atoms with Crippen LogP contribution in [0.3, 0.4) is 0 Å². The molecule has 0 amide bonds. The normalized spacial score (nSPS) is 10.5. The number of aromatic nitrogens is 1. The molecular formula is C11H8NO3-. The standard InChI is InChI=1S/C11H9NO3/c1-6-9(11(14)15)7-4-2-3-5-8(7)12-10(6)13/h2-5H,1H3,(H,12,13)(H,14,15)/p-1. The van der Waals surface area contributed by atoms with E-state index in [9.17, 15) is 14.7 Å². The van der Waals surface area contributed by atoms with E-state index in [1.165, 1.54) is 6.92 Å². The van der Waals surface area contributed by atoms with Gasteiger partial charge in [-0.15, -0.1) is 0 Å². The molecule has 0 fully saturated rings. The van der Waals surface area contributed by atoms with Crippen molar-refractivity contribution in [3.8, 4) is 0 Å². The fourth-order valence-corrected chi connectivity index (χ4v) is 1.60. The zero-order valence-electron chi connectivity index (χ0n) is 8.03. The Kier molecular flexibility index (Phi) is 2.04. The molecule has 15 heavy (non-hydrogen) atoms. The lowest BCUT2D eigenvalue weighted by Gasteiger charge is -2.09. The molecule has 76 valence electrons. The van der Waals surface area contributed by atoms with Crippen molar-refractivity contribution in [2.75, 3.05) is 0 Å². The van der Waals surface area contributed by atoms with Crippen LogP contribution in [0.2, 0.25) is 0 Å². The number of pyridine rings is 1. The summed E-state index contributed by atoms with van der Waals surface area (Å²) in [5.41, 5.74) is 0.253. The van der Waals surface area contributed by atoms with Gasteiger partial charge in [0.1, 0.15) is 0 Å². The molecule has 0 saturated carbocycles. The molecule has 1 heterocycles. The van der Waals surface area contributed by atoms with Crippen LogP contribution in [0, 0.1) is 6.92 Å². The van der Waals surface area contributed by atoms with E-state index in [1.807, 2.05) is 0 Å². The number of para-hydroxylation sites is 1. The summed E-state index contributed by atoms with van der Waals surface area (Å²) in [5, 5.41) is 11.4. The van der Waals surface area contributed by atoms with Gasteiger partial charge in [-0.1, -0.05) is 18.2 Å². The van der Waals surface area contributed by atoms with Crippen LogP contribution in [0.1, 0.15) is 15.9 Å². The fourth-order valence-electron chi connectivity index (χ4n) is 1.60. The molecule has 0 aliphatic heterocycles. The Bertz CT molecular complexity index is 598. The molecule has 4 heteroatoms. The Morgan fingerprint density at radius 1 is 1.33 bits per heavy atom. The molecule has 2 aromatic rings. The molecular weight excluding hydrogens is 194 g/mol. The first-order chi connectivity index (χ1) is 7.11. The highest BCUT2D eigenvalue weighted by atomic mass is 16.4. The summed E-state index contributed by atoms with van der Waals surface area (Å²) in [5.74, 6) is -1.32. The van der Waals surface area contributed by atoms with Gasteiger partial charge in [0, 0.05) is 22.0 Å². The molecule has 0 spiro atoms. The van der Waals surface area contributed by atoms with Crippen molar-refractivity contribution >= 4 is 16.9 Å². The van der Waals surface area contributed by atoms with Gasteiger partial charge in [0.15, 0.2) is 0 Å². The Morgan fingerprint density at radius 2 is 2.00 bits per heavy atom. The van der Waals surface area contributed by atoms with E-state index in [0.29, 0.717) is 10.9 Å². The predicted molar refractivity (Wildman–Crippen MR) is 53.6 cm³/mol. The van der Waals surface area contributed by atoms with E-state index in [0.717, 1.165) is 0 Å². The highest BCUT2D eigenvalue weighted by Gasteiger charge is 2.08. The number of rotatable bonds is 1. The van der Waals surface area contributed by atoms with Gasteiger partial charge < -0.3 is 14.9 Å².